The third kappa shape index (κ3) is 5.45. The highest BCUT2D eigenvalue weighted by molar-refractivity contribution is 5.86. The van der Waals surface area contributed by atoms with Crippen LogP contribution < -0.4 is 5.32 Å². The van der Waals surface area contributed by atoms with Crippen LogP contribution in [0.2, 0.25) is 0 Å². The molecular weight excluding hydrogens is 426 g/mol. The highest BCUT2D eigenvalue weighted by atomic mass is 14.8. The number of nitrogens with zero attached hydrogens (tertiary/aromatic N) is 2. The van der Waals surface area contributed by atoms with Crippen LogP contribution in [0.5, 0.6) is 0 Å². The van der Waals surface area contributed by atoms with Gasteiger partial charge < -0.3 is 5.32 Å². The maximum atomic E-state index is 4.95. The van der Waals surface area contributed by atoms with Crippen molar-refractivity contribution in [3.8, 4) is 0 Å². The average Bonchev–Trinajstić information content (AvgIpc) is 2.90. The van der Waals surface area contributed by atoms with Crippen LogP contribution in [0.1, 0.15) is 66.8 Å². The van der Waals surface area contributed by atoms with Gasteiger partial charge in [-0.05, 0) is 77.6 Å². The van der Waals surface area contributed by atoms with Crippen LogP contribution in [-0.2, 0) is 32.1 Å². The van der Waals surface area contributed by atoms with Crippen molar-refractivity contribution in [1.29, 1.82) is 0 Å². The van der Waals surface area contributed by atoms with Gasteiger partial charge >= 0.3 is 0 Å². The third-order valence-electron chi connectivity index (χ3n) is 6.82. The van der Waals surface area contributed by atoms with E-state index in [-0.39, 0.29) is 0 Å². The van der Waals surface area contributed by atoms with Crippen molar-refractivity contribution in [2.24, 2.45) is 4.99 Å². The normalized spacial score (nSPS) is 11.5. The second-order valence-electron chi connectivity index (χ2n) is 9.08. The molecule has 0 saturated carbocycles. The fourth-order valence-corrected chi connectivity index (χ4v) is 4.98. The molecule has 1 N–H and O–H groups in total. The minimum Gasteiger partial charge on any atom is -0.388 e. The molecular formula is C32H37N3. The number of aromatic nitrogens is 1. The Hall–Kier alpha value is -3.46. The molecule has 0 amide bonds. The Bertz CT molecular complexity index is 1300. The summed E-state index contributed by atoms with van der Waals surface area (Å²) < 4.78 is 0. The second kappa shape index (κ2) is 11.3. The van der Waals surface area contributed by atoms with Crippen molar-refractivity contribution in [3.63, 3.8) is 0 Å². The number of benzene rings is 3. The lowest BCUT2D eigenvalue weighted by Gasteiger charge is -2.17. The van der Waals surface area contributed by atoms with Crippen LogP contribution in [-0.4, -0.2) is 18.2 Å². The van der Waals surface area contributed by atoms with E-state index in [1.807, 2.05) is 37.5 Å². The van der Waals surface area contributed by atoms with Crippen molar-refractivity contribution < 1.29 is 0 Å². The Morgan fingerprint density at radius 3 is 1.89 bits per heavy atom. The molecule has 180 valence electrons. The summed E-state index contributed by atoms with van der Waals surface area (Å²) >= 11 is 0. The van der Waals surface area contributed by atoms with Crippen LogP contribution in [0, 0.1) is 0 Å². The summed E-state index contributed by atoms with van der Waals surface area (Å²) in [5.74, 6) is 0. The number of nitrogens with one attached hydrogen (secondary N) is 1. The number of aliphatic imine (C=N–C) groups is 1. The molecule has 3 aromatic carbocycles. The topological polar surface area (TPSA) is 37.3 Å². The summed E-state index contributed by atoms with van der Waals surface area (Å²) in [6, 6.07) is 21.8. The summed E-state index contributed by atoms with van der Waals surface area (Å²) in [4.78, 5) is 9.72. The molecule has 0 atom stereocenters. The van der Waals surface area contributed by atoms with Crippen molar-refractivity contribution in [3.05, 3.63) is 99.7 Å². The zero-order valence-electron chi connectivity index (χ0n) is 21.8. The van der Waals surface area contributed by atoms with Gasteiger partial charge in [0, 0.05) is 18.1 Å². The molecule has 0 spiro atoms. The zero-order chi connectivity index (χ0) is 24.8. The Morgan fingerprint density at radius 1 is 0.743 bits per heavy atom. The van der Waals surface area contributed by atoms with E-state index in [4.69, 9.17) is 9.98 Å². The molecule has 0 aliphatic carbocycles. The van der Waals surface area contributed by atoms with Crippen molar-refractivity contribution >= 4 is 28.5 Å². The van der Waals surface area contributed by atoms with Gasteiger partial charge in [0.05, 0.1) is 23.1 Å². The number of anilines is 1. The van der Waals surface area contributed by atoms with E-state index in [9.17, 15) is 0 Å². The number of hydrogen-bond acceptors (Lipinski definition) is 3. The highest BCUT2D eigenvalue weighted by Gasteiger charge is 2.12. The number of fused-ring (bicyclic) bond motifs is 1. The molecule has 0 bridgehead atoms. The molecule has 4 rings (SSSR count). The van der Waals surface area contributed by atoms with Crippen molar-refractivity contribution in [2.45, 2.75) is 59.8 Å². The van der Waals surface area contributed by atoms with Gasteiger partial charge in [-0.3, -0.25) is 4.99 Å². The molecule has 0 unspecified atom stereocenters. The molecule has 0 aliphatic rings. The zero-order valence-corrected chi connectivity index (χ0v) is 21.8. The van der Waals surface area contributed by atoms with Gasteiger partial charge in [-0.1, -0.05) is 76.2 Å². The Kier molecular flexibility index (Phi) is 7.97. The van der Waals surface area contributed by atoms with Gasteiger partial charge in [-0.2, -0.15) is 0 Å². The fraction of sp³-hybridized carbons (Fsp3) is 0.312. The quantitative estimate of drug-likeness (QED) is 0.256. The van der Waals surface area contributed by atoms with Crippen LogP contribution in [0.3, 0.4) is 0 Å². The average molecular weight is 464 g/mol. The maximum Gasteiger partial charge on any atom is 0.0820 e. The molecule has 35 heavy (non-hydrogen) atoms. The first-order chi connectivity index (χ1) is 17.1. The van der Waals surface area contributed by atoms with E-state index < -0.39 is 0 Å². The first-order valence-electron chi connectivity index (χ1n) is 13.0. The lowest BCUT2D eigenvalue weighted by atomic mass is 9.92. The predicted octanol–water partition coefficient (Wildman–Crippen LogP) is 7.87. The largest absolute Gasteiger partial charge is 0.388 e. The summed E-state index contributed by atoms with van der Waals surface area (Å²) in [6.07, 6.45) is 6.84. The Morgan fingerprint density at radius 2 is 1.31 bits per heavy atom. The molecule has 3 heteroatoms. The number of aryl methyl sites for hydroxylation is 4. The van der Waals surface area contributed by atoms with E-state index in [1.54, 1.807) is 0 Å². The van der Waals surface area contributed by atoms with E-state index in [0.29, 0.717) is 0 Å². The SMILES string of the molecule is CCc1cc(Cc2cc(CC)c(NC)c(CC)c2)cc(CC)c1N=Cc1ccc2ccccc2n1. The smallest absolute Gasteiger partial charge is 0.0820 e. The number of para-hydroxylation sites is 1. The fourth-order valence-electron chi connectivity index (χ4n) is 4.98. The van der Waals surface area contributed by atoms with Gasteiger partial charge in [-0.15, -0.1) is 0 Å². The summed E-state index contributed by atoms with van der Waals surface area (Å²) in [5, 5.41) is 4.57. The van der Waals surface area contributed by atoms with Gasteiger partial charge in [0.25, 0.3) is 0 Å². The minimum atomic E-state index is 0.890. The first kappa shape index (κ1) is 24.7. The molecule has 0 fully saturated rings. The minimum absolute atomic E-state index is 0.890. The van der Waals surface area contributed by atoms with Crippen LogP contribution in [0.25, 0.3) is 10.9 Å². The van der Waals surface area contributed by atoms with Crippen molar-refractivity contribution in [1.82, 2.24) is 4.98 Å². The van der Waals surface area contributed by atoms with Crippen LogP contribution in [0.15, 0.2) is 65.7 Å². The highest BCUT2D eigenvalue weighted by Crippen LogP contribution is 2.31. The molecule has 0 aliphatic heterocycles. The Labute approximate surface area is 210 Å². The van der Waals surface area contributed by atoms with Crippen LogP contribution in [0.4, 0.5) is 11.4 Å². The number of pyridine rings is 1. The summed E-state index contributed by atoms with van der Waals surface area (Å²) in [6.45, 7) is 8.91. The summed E-state index contributed by atoms with van der Waals surface area (Å²) in [5.41, 5.74) is 12.4. The van der Waals surface area contributed by atoms with Gasteiger partial charge in [0.2, 0.25) is 0 Å². The summed E-state index contributed by atoms with van der Waals surface area (Å²) in [7, 11) is 2.03. The molecule has 4 aromatic rings. The van der Waals surface area contributed by atoms with E-state index >= 15 is 0 Å². The predicted molar refractivity (Wildman–Crippen MR) is 152 cm³/mol. The first-order valence-corrected chi connectivity index (χ1v) is 13.0. The lowest BCUT2D eigenvalue weighted by Crippen LogP contribution is -2.03. The molecule has 0 radical (unpaired) electrons. The van der Waals surface area contributed by atoms with Crippen molar-refractivity contribution in [2.75, 3.05) is 12.4 Å². The third-order valence-corrected chi connectivity index (χ3v) is 6.82. The van der Waals surface area contributed by atoms with E-state index in [1.165, 1.54) is 39.1 Å². The molecule has 0 saturated heterocycles. The lowest BCUT2D eigenvalue weighted by molar-refractivity contribution is 1.03. The second-order valence-corrected chi connectivity index (χ2v) is 9.08. The Balaban J connectivity index is 1.67. The molecule has 3 nitrogen and oxygen atoms in total. The van der Waals surface area contributed by atoms with Gasteiger partial charge in [0.1, 0.15) is 0 Å². The van der Waals surface area contributed by atoms with E-state index in [0.717, 1.165) is 54.4 Å². The monoisotopic (exact) mass is 463 g/mol. The van der Waals surface area contributed by atoms with Gasteiger partial charge in [-0.25, -0.2) is 4.98 Å². The number of hydrogen-bond donors (Lipinski definition) is 1. The van der Waals surface area contributed by atoms with Gasteiger partial charge in [0.15, 0.2) is 0 Å². The molecule has 1 heterocycles. The standard InChI is InChI=1S/C32H37N3/c1-6-24-17-22(18-25(7-2)31(24)33-5)16-23-19-26(8-3)32(27(9-4)20-23)34-21-29-15-14-28-12-10-11-13-30(28)35-29/h10-15,17-21,33H,6-9,16H2,1-5H3. The number of rotatable bonds is 9. The van der Waals surface area contributed by atoms with Crippen LogP contribution >= 0.6 is 0 Å². The maximum absolute atomic E-state index is 4.95. The van der Waals surface area contributed by atoms with E-state index in [2.05, 4.69) is 69.4 Å². The molecule has 1 aromatic heterocycles.